The first kappa shape index (κ1) is 22.9. The molecule has 1 amide bonds. The van der Waals surface area contributed by atoms with Crippen molar-refractivity contribution >= 4 is 28.5 Å². The lowest BCUT2D eigenvalue weighted by Gasteiger charge is -2.41. The summed E-state index contributed by atoms with van der Waals surface area (Å²) in [6, 6.07) is 19.9. The molecule has 0 radical (unpaired) electrons. The zero-order chi connectivity index (χ0) is 23.3. The highest BCUT2D eigenvalue weighted by molar-refractivity contribution is 6.00. The molecule has 0 aliphatic carbocycles. The Kier molecular flexibility index (Phi) is 7.04. The maximum Gasteiger partial charge on any atom is 0.313 e. The second kappa shape index (κ2) is 10.1. The Balaban J connectivity index is 1.56. The van der Waals surface area contributed by atoms with Crippen molar-refractivity contribution in [3.8, 4) is 0 Å². The van der Waals surface area contributed by atoms with Gasteiger partial charge < -0.3 is 10.1 Å². The highest BCUT2D eigenvalue weighted by Crippen LogP contribution is 2.36. The second-order valence-corrected chi connectivity index (χ2v) is 8.83. The van der Waals surface area contributed by atoms with Gasteiger partial charge in [-0.3, -0.25) is 19.5 Å². The van der Waals surface area contributed by atoms with Crippen LogP contribution in [0.25, 0.3) is 10.9 Å². The van der Waals surface area contributed by atoms with Gasteiger partial charge >= 0.3 is 5.97 Å². The Morgan fingerprint density at radius 1 is 1.09 bits per heavy atom. The summed E-state index contributed by atoms with van der Waals surface area (Å²) in [4.78, 5) is 31.8. The van der Waals surface area contributed by atoms with Gasteiger partial charge in [0.25, 0.3) is 0 Å². The number of benzene rings is 2. The molecule has 33 heavy (non-hydrogen) atoms. The molecule has 1 atom stereocenters. The number of hydrogen-bond donors (Lipinski definition) is 1. The van der Waals surface area contributed by atoms with Gasteiger partial charge in [0.05, 0.1) is 28.9 Å². The highest BCUT2D eigenvalue weighted by Gasteiger charge is 2.43. The zero-order valence-electron chi connectivity index (χ0n) is 19.3. The minimum atomic E-state index is -0.551. The smallest absolute Gasteiger partial charge is 0.313 e. The van der Waals surface area contributed by atoms with Gasteiger partial charge in [0, 0.05) is 25.4 Å². The molecule has 1 saturated heterocycles. The van der Waals surface area contributed by atoms with Crippen molar-refractivity contribution in [1.82, 2.24) is 9.88 Å². The van der Waals surface area contributed by atoms with Crippen LogP contribution in [0.3, 0.4) is 0 Å². The minimum absolute atomic E-state index is 0.103. The van der Waals surface area contributed by atoms with E-state index >= 15 is 0 Å². The topological polar surface area (TPSA) is 71.5 Å². The van der Waals surface area contributed by atoms with Crippen LogP contribution in [0.5, 0.6) is 0 Å². The van der Waals surface area contributed by atoms with Crippen molar-refractivity contribution in [2.24, 2.45) is 5.41 Å². The van der Waals surface area contributed by atoms with Gasteiger partial charge in [0.2, 0.25) is 5.91 Å². The van der Waals surface area contributed by atoms with Crippen LogP contribution in [0.4, 0.5) is 5.69 Å². The number of amides is 1. The number of rotatable bonds is 7. The van der Waals surface area contributed by atoms with Crippen LogP contribution in [0.1, 0.15) is 37.9 Å². The number of nitrogens with zero attached hydrogens (tertiary/aromatic N) is 2. The number of nitrogens with one attached hydrogen (secondary N) is 1. The SMILES string of the molecule is CCOC(=O)C1(Cc2ccccc2)CCCN(Cc2ccc3c(NC(C)=O)cccc3n2)C1. The summed E-state index contributed by atoms with van der Waals surface area (Å²) in [6.45, 7) is 5.98. The van der Waals surface area contributed by atoms with Gasteiger partial charge in [-0.05, 0) is 62.6 Å². The maximum absolute atomic E-state index is 13.1. The monoisotopic (exact) mass is 445 g/mol. The number of likely N-dealkylation sites (tertiary alicyclic amines) is 1. The number of piperidine rings is 1. The molecule has 1 aliphatic heterocycles. The summed E-state index contributed by atoms with van der Waals surface area (Å²) in [5, 5.41) is 3.78. The summed E-state index contributed by atoms with van der Waals surface area (Å²) in [6.07, 6.45) is 2.43. The molecule has 0 saturated carbocycles. The maximum atomic E-state index is 13.1. The third-order valence-corrected chi connectivity index (χ3v) is 6.24. The van der Waals surface area contributed by atoms with E-state index in [0.717, 1.165) is 47.2 Å². The fourth-order valence-corrected chi connectivity index (χ4v) is 4.83. The molecule has 1 fully saturated rings. The lowest BCUT2D eigenvalue weighted by atomic mass is 9.75. The molecule has 2 heterocycles. The number of hydrogen-bond acceptors (Lipinski definition) is 5. The number of fused-ring (bicyclic) bond motifs is 1. The third-order valence-electron chi connectivity index (χ3n) is 6.24. The second-order valence-electron chi connectivity index (χ2n) is 8.83. The Bertz CT molecular complexity index is 1130. The molecule has 0 spiro atoms. The quantitative estimate of drug-likeness (QED) is 0.539. The van der Waals surface area contributed by atoms with Gasteiger partial charge in [-0.15, -0.1) is 0 Å². The number of anilines is 1. The van der Waals surface area contributed by atoms with E-state index in [0.29, 0.717) is 26.1 Å². The normalized spacial score (nSPS) is 18.7. The van der Waals surface area contributed by atoms with Gasteiger partial charge in [0.15, 0.2) is 0 Å². The van der Waals surface area contributed by atoms with Crippen LogP contribution >= 0.6 is 0 Å². The molecule has 2 aromatic carbocycles. The van der Waals surface area contributed by atoms with Crippen molar-refractivity contribution < 1.29 is 14.3 Å². The summed E-state index contributed by atoms with van der Waals surface area (Å²) in [7, 11) is 0. The van der Waals surface area contributed by atoms with E-state index in [2.05, 4.69) is 22.3 Å². The largest absolute Gasteiger partial charge is 0.466 e. The van der Waals surface area contributed by atoms with Gasteiger partial charge in [-0.25, -0.2) is 0 Å². The molecule has 1 aromatic heterocycles. The summed E-state index contributed by atoms with van der Waals surface area (Å²) in [5.74, 6) is -0.210. The van der Waals surface area contributed by atoms with Crippen molar-refractivity contribution in [2.75, 3.05) is 25.0 Å². The number of carbonyl (C=O) groups is 2. The predicted octanol–water partition coefficient (Wildman–Crippen LogP) is 4.58. The van der Waals surface area contributed by atoms with Crippen LogP contribution in [-0.4, -0.2) is 41.5 Å². The van der Waals surface area contributed by atoms with E-state index in [9.17, 15) is 9.59 Å². The molecule has 1 N–H and O–H groups in total. The van der Waals surface area contributed by atoms with Gasteiger partial charge in [-0.1, -0.05) is 36.4 Å². The first-order valence-electron chi connectivity index (χ1n) is 11.6. The lowest BCUT2D eigenvalue weighted by Crippen LogP contribution is -2.49. The van der Waals surface area contributed by atoms with Gasteiger partial charge in [-0.2, -0.15) is 0 Å². The fraction of sp³-hybridized carbons (Fsp3) is 0.370. The van der Waals surface area contributed by atoms with Crippen LogP contribution in [0, 0.1) is 5.41 Å². The first-order chi connectivity index (χ1) is 16.0. The average Bonchev–Trinajstić information content (AvgIpc) is 2.80. The number of pyridine rings is 1. The number of esters is 1. The summed E-state index contributed by atoms with van der Waals surface area (Å²) in [5.41, 5.74) is 3.16. The predicted molar refractivity (Wildman–Crippen MR) is 130 cm³/mol. The molecule has 6 nitrogen and oxygen atoms in total. The number of ether oxygens (including phenoxy) is 1. The minimum Gasteiger partial charge on any atom is -0.466 e. The van der Waals surface area contributed by atoms with Crippen molar-refractivity contribution in [2.45, 2.75) is 39.7 Å². The third kappa shape index (κ3) is 5.40. The Morgan fingerprint density at radius 2 is 1.91 bits per heavy atom. The molecule has 1 unspecified atom stereocenters. The molecular formula is C27H31N3O3. The van der Waals surface area contributed by atoms with Crippen LogP contribution in [0.2, 0.25) is 0 Å². The molecule has 6 heteroatoms. The average molecular weight is 446 g/mol. The Labute approximate surface area is 195 Å². The van der Waals surface area contributed by atoms with Crippen LogP contribution < -0.4 is 5.32 Å². The Hall–Kier alpha value is -3.25. The highest BCUT2D eigenvalue weighted by atomic mass is 16.5. The molecule has 4 rings (SSSR count). The summed E-state index contributed by atoms with van der Waals surface area (Å²) < 4.78 is 5.54. The molecular weight excluding hydrogens is 414 g/mol. The molecule has 1 aliphatic rings. The van der Waals surface area contributed by atoms with Gasteiger partial charge in [0.1, 0.15) is 0 Å². The lowest BCUT2D eigenvalue weighted by molar-refractivity contribution is -0.159. The Morgan fingerprint density at radius 3 is 2.67 bits per heavy atom. The first-order valence-corrected chi connectivity index (χ1v) is 11.6. The standard InChI is InChI=1S/C27H31N3O3/c1-3-33-26(32)27(17-21-9-5-4-6-10-21)15-8-16-30(19-27)18-22-13-14-23-24(28-20(2)31)11-7-12-25(23)29-22/h4-7,9-14H,3,8,15-19H2,1-2H3,(H,28,31). The van der Waals surface area contributed by atoms with E-state index in [4.69, 9.17) is 9.72 Å². The van der Waals surface area contributed by atoms with E-state index in [1.54, 1.807) is 0 Å². The van der Waals surface area contributed by atoms with Crippen LogP contribution in [-0.2, 0) is 27.3 Å². The number of aromatic nitrogens is 1. The van der Waals surface area contributed by atoms with Crippen molar-refractivity contribution in [1.29, 1.82) is 0 Å². The number of carbonyl (C=O) groups excluding carboxylic acids is 2. The molecule has 172 valence electrons. The van der Waals surface area contributed by atoms with Crippen molar-refractivity contribution in [3.63, 3.8) is 0 Å². The van der Waals surface area contributed by atoms with E-state index < -0.39 is 5.41 Å². The van der Waals surface area contributed by atoms with E-state index in [1.807, 2.05) is 55.5 Å². The van der Waals surface area contributed by atoms with Crippen molar-refractivity contribution in [3.05, 3.63) is 71.9 Å². The van der Waals surface area contributed by atoms with Crippen LogP contribution in [0.15, 0.2) is 60.7 Å². The van der Waals surface area contributed by atoms with E-state index in [-0.39, 0.29) is 11.9 Å². The zero-order valence-corrected chi connectivity index (χ0v) is 19.3. The molecule has 3 aromatic rings. The van der Waals surface area contributed by atoms with E-state index in [1.165, 1.54) is 6.92 Å². The summed E-state index contributed by atoms with van der Waals surface area (Å²) >= 11 is 0. The molecule has 0 bridgehead atoms. The fourth-order valence-electron chi connectivity index (χ4n) is 4.83.